The van der Waals surface area contributed by atoms with E-state index in [0.717, 1.165) is 32.4 Å². The number of ether oxygens (including phenoxy) is 3. The lowest BCUT2D eigenvalue weighted by Crippen LogP contribution is -2.07. The van der Waals surface area contributed by atoms with E-state index in [0.29, 0.717) is 37.9 Å². The Morgan fingerprint density at radius 2 is 2.05 bits per heavy atom. The van der Waals surface area contributed by atoms with Crippen LogP contribution >= 0.6 is 28.0 Å². The van der Waals surface area contributed by atoms with E-state index in [4.69, 9.17) is 18.4 Å². The lowest BCUT2D eigenvalue weighted by atomic mass is 10.2. The molecular formula is C15H25BrO4SSi. The molecule has 0 saturated heterocycles. The van der Waals surface area contributed by atoms with Crippen molar-refractivity contribution in [3.05, 3.63) is 28.2 Å². The third kappa shape index (κ3) is 8.55. The molecule has 1 unspecified atom stereocenters. The van der Waals surface area contributed by atoms with Gasteiger partial charge in [-0.05, 0) is 52.1 Å². The first-order chi connectivity index (χ1) is 10.7. The highest BCUT2D eigenvalue weighted by Gasteiger charge is 2.04. The second-order valence-corrected chi connectivity index (χ2v) is 9.11. The van der Waals surface area contributed by atoms with Crippen LogP contribution in [-0.4, -0.2) is 48.7 Å². The smallest absolute Gasteiger partial charge is 0.133 e. The predicted octanol–water partition coefficient (Wildman–Crippen LogP) is 2.76. The normalized spacial score (nSPS) is 12.5. The molecule has 0 aliphatic heterocycles. The van der Waals surface area contributed by atoms with Crippen LogP contribution in [-0.2, 0) is 20.3 Å². The standard InChI is InChI=1S/C15H25BrO4SSi/c1-3-15(22)21-20-9-8-19-14-10-12(4-5-13(14)16)11-18-7-6-17-2/h4-5,10,15H,3,6-9,11H2,1-2,22H3. The monoisotopic (exact) mass is 408 g/mol. The summed E-state index contributed by atoms with van der Waals surface area (Å²) in [5.74, 6) is 0.819. The van der Waals surface area contributed by atoms with Crippen LogP contribution in [0.5, 0.6) is 5.75 Å². The molecule has 1 atom stereocenters. The van der Waals surface area contributed by atoms with Gasteiger partial charge in [0.15, 0.2) is 0 Å². The Kier molecular flexibility index (Phi) is 11.2. The maximum absolute atomic E-state index is 5.77. The molecule has 0 spiro atoms. The van der Waals surface area contributed by atoms with E-state index in [9.17, 15) is 0 Å². The van der Waals surface area contributed by atoms with Gasteiger partial charge in [0.05, 0.1) is 30.9 Å². The van der Waals surface area contributed by atoms with Gasteiger partial charge in [-0.15, -0.1) is 0 Å². The lowest BCUT2D eigenvalue weighted by molar-refractivity contribution is 0.0615. The molecule has 0 heterocycles. The third-order valence-corrected chi connectivity index (χ3v) is 5.94. The highest BCUT2D eigenvalue weighted by atomic mass is 79.9. The molecule has 0 bridgehead atoms. The Morgan fingerprint density at radius 1 is 1.23 bits per heavy atom. The van der Waals surface area contributed by atoms with Crippen LogP contribution in [0.3, 0.4) is 0 Å². The van der Waals surface area contributed by atoms with Crippen molar-refractivity contribution in [1.82, 2.24) is 0 Å². The second kappa shape index (κ2) is 12.4. The number of benzene rings is 1. The minimum absolute atomic E-state index is 0.539. The summed E-state index contributed by atoms with van der Waals surface area (Å²) >= 11 is 5.07. The summed E-state index contributed by atoms with van der Waals surface area (Å²) in [5.41, 5.74) is 1.08. The molecule has 0 aliphatic carbocycles. The fraction of sp³-hybridized carbons (Fsp3) is 0.600. The average Bonchev–Trinajstić information content (AvgIpc) is 2.53. The van der Waals surface area contributed by atoms with Crippen molar-refractivity contribution in [3.63, 3.8) is 0 Å². The van der Waals surface area contributed by atoms with Crippen LogP contribution in [0, 0.1) is 0 Å². The fourth-order valence-electron chi connectivity index (χ4n) is 1.50. The molecule has 1 aromatic carbocycles. The van der Waals surface area contributed by atoms with Gasteiger partial charge in [-0.3, -0.25) is 0 Å². The first kappa shape index (κ1) is 20.0. The van der Waals surface area contributed by atoms with Crippen molar-refractivity contribution >= 4 is 38.2 Å². The summed E-state index contributed by atoms with van der Waals surface area (Å²) in [5, 5.41) is 0. The Hall–Kier alpha value is -0.0531. The van der Waals surface area contributed by atoms with Crippen LogP contribution in [0.1, 0.15) is 18.9 Å². The highest BCUT2D eigenvalue weighted by molar-refractivity contribution is 9.10. The van der Waals surface area contributed by atoms with Crippen molar-refractivity contribution in [1.29, 1.82) is 0 Å². The zero-order valence-electron chi connectivity index (χ0n) is 13.5. The molecule has 0 amide bonds. The summed E-state index contributed by atoms with van der Waals surface area (Å²) < 4.78 is 22.7. The number of hydrogen-bond acceptors (Lipinski definition) is 5. The number of halogens is 1. The van der Waals surface area contributed by atoms with E-state index in [2.05, 4.69) is 22.9 Å². The van der Waals surface area contributed by atoms with Crippen LogP contribution in [0.2, 0.25) is 0 Å². The topological polar surface area (TPSA) is 36.9 Å². The molecule has 0 radical (unpaired) electrons. The summed E-state index contributed by atoms with van der Waals surface area (Å²) in [7, 11) is 2.81. The first-order valence-electron chi connectivity index (χ1n) is 7.43. The third-order valence-electron chi connectivity index (χ3n) is 2.93. The fourth-order valence-corrected chi connectivity index (χ4v) is 2.80. The predicted molar refractivity (Wildman–Crippen MR) is 98.7 cm³/mol. The molecule has 4 nitrogen and oxygen atoms in total. The minimum atomic E-state index is 0.539. The van der Waals surface area contributed by atoms with Crippen molar-refractivity contribution < 1.29 is 18.4 Å². The SMILES string of the molecule is CCC([SiH3])SOCCOc1cc(COCCOC)ccc1Br. The summed E-state index contributed by atoms with van der Waals surface area (Å²) in [6, 6.07) is 5.99. The summed E-state index contributed by atoms with van der Waals surface area (Å²) in [6.07, 6.45) is 1.16. The van der Waals surface area contributed by atoms with E-state index >= 15 is 0 Å². The number of hydrogen-bond donors (Lipinski definition) is 0. The van der Waals surface area contributed by atoms with Crippen molar-refractivity contribution in [2.24, 2.45) is 0 Å². The maximum Gasteiger partial charge on any atom is 0.133 e. The summed E-state index contributed by atoms with van der Waals surface area (Å²) in [6.45, 7) is 5.06. The molecule has 0 fully saturated rings. The largest absolute Gasteiger partial charge is 0.490 e. The molecule has 7 heteroatoms. The van der Waals surface area contributed by atoms with Gasteiger partial charge in [0, 0.05) is 22.2 Å². The van der Waals surface area contributed by atoms with Crippen molar-refractivity contribution in [2.75, 3.05) is 33.5 Å². The van der Waals surface area contributed by atoms with Crippen molar-refractivity contribution in [3.8, 4) is 5.75 Å². The van der Waals surface area contributed by atoms with Crippen LogP contribution in [0.4, 0.5) is 0 Å². The van der Waals surface area contributed by atoms with E-state index in [1.165, 1.54) is 0 Å². The van der Waals surface area contributed by atoms with E-state index in [-0.39, 0.29) is 0 Å². The van der Waals surface area contributed by atoms with Crippen LogP contribution in [0.15, 0.2) is 22.7 Å². The highest BCUT2D eigenvalue weighted by Crippen LogP contribution is 2.26. The van der Waals surface area contributed by atoms with Gasteiger partial charge in [-0.2, -0.15) is 0 Å². The van der Waals surface area contributed by atoms with Gasteiger partial charge < -0.3 is 18.4 Å². The Balaban J connectivity index is 2.32. The molecule has 0 N–H and O–H groups in total. The van der Waals surface area contributed by atoms with Gasteiger partial charge in [-0.25, -0.2) is 0 Å². The Labute approximate surface area is 149 Å². The molecule has 1 aromatic rings. The van der Waals surface area contributed by atoms with E-state index < -0.39 is 0 Å². The molecule has 0 saturated carbocycles. The quantitative estimate of drug-likeness (QED) is 0.302. The number of rotatable bonds is 12. The molecule has 22 heavy (non-hydrogen) atoms. The molecule has 0 aromatic heterocycles. The molecular weight excluding hydrogens is 384 g/mol. The van der Waals surface area contributed by atoms with Gasteiger partial charge >= 0.3 is 0 Å². The van der Waals surface area contributed by atoms with Gasteiger partial charge in [0.1, 0.15) is 12.4 Å². The van der Waals surface area contributed by atoms with Gasteiger partial charge in [0.25, 0.3) is 0 Å². The maximum atomic E-state index is 5.77. The zero-order valence-corrected chi connectivity index (χ0v) is 17.9. The minimum Gasteiger partial charge on any atom is -0.490 e. The molecule has 1 rings (SSSR count). The second-order valence-electron chi connectivity index (χ2n) is 4.80. The average molecular weight is 409 g/mol. The Bertz CT molecular complexity index is 423. The van der Waals surface area contributed by atoms with Gasteiger partial charge in [0.2, 0.25) is 0 Å². The lowest BCUT2D eigenvalue weighted by Gasteiger charge is -2.12. The molecule has 126 valence electrons. The zero-order chi connectivity index (χ0) is 16.2. The number of methoxy groups -OCH3 is 1. The summed E-state index contributed by atoms with van der Waals surface area (Å²) in [4.78, 5) is 0.652. The van der Waals surface area contributed by atoms with E-state index in [1.807, 2.05) is 18.2 Å². The van der Waals surface area contributed by atoms with Gasteiger partial charge in [-0.1, -0.05) is 13.0 Å². The Morgan fingerprint density at radius 3 is 2.77 bits per heavy atom. The first-order valence-corrected chi connectivity index (χ1v) is 10.2. The van der Waals surface area contributed by atoms with Crippen molar-refractivity contribution in [2.45, 2.75) is 24.8 Å². The molecule has 0 aliphatic rings. The van der Waals surface area contributed by atoms with Crippen LogP contribution in [0.25, 0.3) is 0 Å². The van der Waals surface area contributed by atoms with E-state index in [1.54, 1.807) is 19.2 Å². The van der Waals surface area contributed by atoms with Crippen LogP contribution < -0.4 is 4.74 Å².